The zero-order chi connectivity index (χ0) is 20.5. The smallest absolute Gasteiger partial charge is 0.254 e. The molecular formula is C22H25N7O. The van der Waals surface area contributed by atoms with Crippen LogP contribution in [-0.4, -0.2) is 61.1 Å². The summed E-state index contributed by atoms with van der Waals surface area (Å²) in [5, 5.41) is 11.8. The molecule has 2 fully saturated rings. The molecule has 2 N–H and O–H groups in total. The number of aryl methyl sites for hydroxylation is 1. The first-order valence-electron chi connectivity index (χ1n) is 10.5. The van der Waals surface area contributed by atoms with Gasteiger partial charge < -0.3 is 15.5 Å². The van der Waals surface area contributed by atoms with Crippen molar-refractivity contribution in [3.05, 3.63) is 59.8 Å². The van der Waals surface area contributed by atoms with Crippen LogP contribution >= 0.6 is 0 Å². The van der Waals surface area contributed by atoms with E-state index in [2.05, 4.69) is 37.8 Å². The molecule has 1 saturated heterocycles. The van der Waals surface area contributed by atoms with Crippen molar-refractivity contribution in [2.45, 2.75) is 37.9 Å². The minimum atomic E-state index is -0.628. The average molecular weight is 403 g/mol. The van der Waals surface area contributed by atoms with E-state index in [1.54, 1.807) is 15.5 Å². The summed E-state index contributed by atoms with van der Waals surface area (Å²) in [6.07, 6.45) is 12.2. The van der Waals surface area contributed by atoms with Gasteiger partial charge in [0.2, 0.25) is 0 Å². The second kappa shape index (κ2) is 5.95. The first-order valence-corrected chi connectivity index (χ1v) is 10.5. The molecule has 1 saturated carbocycles. The minimum Gasteiger partial charge on any atom is -0.367 e. The highest BCUT2D eigenvalue weighted by molar-refractivity contribution is 5.98. The van der Waals surface area contributed by atoms with Gasteiger partial charge in [0.15, 0.2) is 5.65 Å². The molecule has 2 aromatic heterocycles. The summed E-state index contributed by atoms with van der Waals surface area (Å²) in [7, 11) is 0. The molecule has 30 heavy (non-hydrogen) atoms. The van der Waals surface area contributed by atoms with Gasteiger partial charge in [-0.15, -0.1) is 0 Å². The zero-order valence-electron chi connectivity index (χ0n) is 17.2. The van der Waals surface area contributed by atoms with Crippen molar-refractivity contribution in [1.82, 2.24) is 35.0 Å². The number of fused-ring (bicyclic) bond motifs is 2. The molecular weight excluding hydrogens is 378 g/mol. The number of aromatic nitrogens is 3. The summed E-state index contributed by atoms with van der Waals surface area (Å²) in [6.45, 7) is 6.90. The third kappa shape index (κ3) is 2.74. The van der Waals surface area contributed by atoms with Gasteiger partial charge in [-0.1, -0.05) is 0 Å². The first kappa shape index (κ1) is 17.7. The monoisotopic (exact) mass is 403 g/mol. The normalized spacial score (nSPS) is 27.1. The Morgan fingerprint density at radius 2 is 2.10 bits per heavy atom. The van der Waals surface area contributed by atoms with E-state index < -0.39 is 5.66 Å². The van der Waals surface area contributed by atoms with Crippen LogP contribution in [0.15, 0.2) is 48.5 Å². The van der Waals surface area contributed by atoms with E-state index in [4.69, 9.17) is 0 Å². The van der Waals surface area contributed by atoms with Crippen LogP contribution in [0.1, 0.15) is 31.2 Å². The van der Waals surface area contributed by atoms with Crippen LogP contribution in [0.4, 0.5) is 0 Å². The van der Waals surface area contributed by atoms with E-state index in [1.165, 1.54) is 12.8 Å². The van der Waals surface area contributed by atoms with Gasteiger partial charge in [-0.2, -0.15) is 5.10 Å². The molecule has 8 heteroatoms. The van der Waals surface area contributed by atoms with Crippen molar-refractivity contribution >= 4 is 17.3 Å². The van der Waals surface area contributed by atoms with Gasteiger partial charge >= 0.3 is 0 Å². The number of hydrogen-bond donors (Lipinski definition) is 2. The Morgan fingerprint density at radius 1 is 1.23 bits per heavy atom. The molecule has 3 aliphatic heterocycles. The van der Waals surface area contributed by atoms with Gasteiger partial charge in [0.05, 0.1) is 23.3 Å². The van der Waals surface area contributed by atoms with Crippen LogP contribution in [0, 0.1) is 6.92 Å². The standard InChI is InChI=1S/C22H25N7O/c1-15-12-29-19(24-15)4-3-17(26-29)18-11-20(30)28-13-16(5-6-21(28,2)25-18)27-10-9-23-22(14-27)7-8-22/h3-6,11-13,23,25H,7-10,14H2,1-2H3. The number of nitrogens with zero attached hydrogens (tertiary/aromatic N) is 5. The van der Waals surface area contributed by atoms with E-state index >= 15 is 0 Å². The molecule has 8 nitrogen and oxygen atoms in total. The van der Waals surface area contributed by atoms with E-state index in [0.29, 0.717) is 11.2 Å². The first-order chi connectivity index (χ1) is 14.4. The number of imidazole rings is 1. The lowest BCUT2D eigenvalue weighted by atomic mass is 10.0. The predicted octanol–water partition coefficient (Wildman–Crippen LogP) is 1.38. The SMILES string of the molecule is Cc1cn2nc(C3=CC(=O)N4C=C(N5CCNC6(CC6)C5)C=CC4(C)N3)ccc2n1. The summed E-state index contributed by atoms with van der Waals surface area (Å²) >= 11 is 0. The summed E-state index contributed by atoms with van der Waals surface area (Å²) in [4.78, 5) is 21.7. The second-order valence-corrected chi connectivity index (χ2v) is 8.96. The Hall–Kier alpha value is -3.13. The number of carbonyl (C=O) groups is 1. The number of piperazine rings is 1. The maximum absolute atomic E-state index is 13.1. The fourth-order valence-electron chi connectivity index (χ4n) is 4.67. The fraction of sp³-hybridized carbons (Fsp3) is 0.409. The van der Waals surface area contributed by atoms with E-state index in [1.807, 2.05) is 38.4 Å². The highest BCUT2D eigenvalue weighted by Gasteiger charge is 2.46. The van der Waals surface area contributed by atoms with Crippen LogP contribution in [0.3, 0.4) is 0 Å². The predicted molar refractivity (Wildman–Crippen MR) is 113 cm³/mol. The molecule has 1 unspecified atom stereocenters. The number of hydrogen-bond acceptors (Lipinski definition) is 6. The van der Waals surface area contributed by atoms with Crippen molar-refractivity contribution in [2.24, 2.45) is 0 Å². The average Bonchev–Trinajstić information content (AvgIpc) is 3.34. The highest BCUT2D eigenvalue weighted by Crippen LogP contribution is 2.39. The van der Waals surface area contributed by atoms with Gasteiger partial charge in [0.25, 0.3) is 5.91 Å². The molecule has 4 aliphatic rings. The molecule has 5 heterocycles. The van der Waals surface area contributed by atoms with Crippen molar-refractivity contribution in [3.8, 4) is 0 Å². The van der Waals surface area contributed by atoms with Crippen molar-refractivity contribution in [2.75, 3.05) is 19.6 Å². The molecule has 2 aromatic rings. The Balaban J connectivity index is 1.30. The number of carbonyl (C=O) groups excluding carboxylic acids is 1. The molecule has 154 valence electrons. The van der Waals surface area contributed by atoms with E-state index in [-0.39, 0.29) is 5.91 Å². The van der Waals surface area contributed by atoms with Crippen LogP contribution in [0.2, 0.25) is 0 Å². The minimum absolute atomic E-state index is 0.0481. The lowest BCUT2D eigenvalue weighted by molar-refractivity contribution is -0.128. The van der Waals surface area contributed by atoms with E-state index in [9.17, 15) is 4.79 Å². The Labute approximate surface area is 174 Å². The summed E-state index contributed by atoms with van der Waals surface area (Å²) in [5.74, 6) is -0.0481. The van der Waals surface area contributed by atoms with Crippen LogP contribution in [-0.2, 0) is 4.79 Å². The molecule has 0 bridgehead atoms. The molecule has 0 radical (unpaired) electrons. The number of allylic oxidation sites excluding steroid dienone is 1. The van der Waals surface area contributed by atoms with Gasteiger partial charge in [0.1, 0.15) is 11.4 Å². The third-order valence-electron chi connectivity index (χ3n) is 6.54. The summed E-state index contributed by atoms with van der Waals surface area (Å²) in [6, 6.07) is 3.82. The maximum atomic E-state index is 13.1. The van der Waals surface area contributed by atoms with Crippen molar-refractivity contribution in [1.29, 1.82) is 0 Å². The highest BCUT2D eigenvalue weighted by atomic mass is 16.2. The van der Waals surface area contributed by atoms with Gasteiger partial charge in [-0.3, -0.25) is 9.69 Å². The van der Waals surface area contributed by atoms with Gasteiger partial charge in [-0.05, 0) is 51.0 Å². The van der Waals surface area contributed by atoms with Crippen molar-refractivity contribution in [3.63, 3.8) is 0 Å². The maximum Gasteiger partial charge on any atom is 0.254 e. The van der Waals surface area contributed by atoms with Gasteiger partial charge in [-0.25, -0.2) is 9.50 Å². The molecule has 1 atom stereocenters. The van der Waals surface area contributed by atoms with E-state index in [0.717, 1.165) is 42.4 Å². The number of amides is 1. The van der Waals surface area contributed by atoms with Crippen molar-refractivity contribution < 1.29 is 4.79 Å². The topological polar surface area (TPSA) is 77.8 Å². The third-order valence-corrected chi connectivity index (χ3v) is 6.54. The number of rotatable bonds is 2. The largest absolute Gasteiger partial charge is 0.367 e. The second-order valence-electron chi connectivity index (χ2n) is 8.96. The molecule has 1 spiro atoms. The zero-order valence-corrected chi connectivity index (χ0v) is 17.2. The number of nitrogens with one attached hydrogen (secondary N) is 2. The van der Waals surface area contributed by atoms with Crippen LogP contribution < -0.4 is 10.6 Å². The molecule has 1 amide bonds. The Kier molecular flexibility index (Phi) is 3.51. The Morgan fingerprint density at radius 3 is 2.93 bits per heavy atom. The summed E-state index contributed by atoms with van der Waals surface area (Å²) < 4.78 is 1.75. The lowest BCUT2D eigenvalue weighted by Gasteiger charge is -2.45. The summed E-state index contributed by atoms with van der Waals surface area (Å²) in [5.41, 5.74) is 3.90. The fourth-order valence-corrected chi connectivity index (χ4v) is 4.67. The lowest BCUT2D eigenvalue weighted by Crippen LogP contribution is -2.59. The van der Waals surface area contributed by atoms with Gasteiger partial charge in [0, 0.05) is 37.4 Å². The molecule has 0 aromatic carbocycles. The van der Waals surface area contributed by atoms with Crippen LogP contribution in [0.5, 0.6) is 0 Å². The van der Waals surface area contributed by atoms with Crippen LogP contribution in [0.25, 0.3) is 11.3 Å². The molecule has 6 rings (SSSR count). The quantitative estimate of drug-likeness (QED) is 0.789. The molecule has 1 aliphatic carbocycles. The Bertz CT molecular complexity index is 1160.